The Morgan fingerprint density at radius 3 is 2.55 bits per heavy atom. The van der Waals surface area contributed by atoms with E-state index in [-0.39, 0.29) is 18.3 Å². The molecule has 4 rings (SSSR count). The normalized spacial score (nSPS) is 14.4. The number of pyridine rings is 1. The lowest BCUT2D eigenvalue weighted by Crippen LogP contribution is -2.43. The highest BCUT2D eigenvalue weighted by molar-refractivity contribution is 6.39. The average molecular weight is 418 g/mol. The number of halogens is 1. The van der Waals surface area contributed by atoms with Gasteiger partial charge in [0.05, 0.1) is 11.7 Å². The third-order valence-electron chi connectivity index (χ3n) is 5.45. The highest BCUT2D eigenvalue weighted by atomic mass is 19.1. The van der Waals surface area contributed by atoms with Gasteiger partial charge in [-0.1, -0.05) is 42.5 Å². The van der Waals surface area contributed by atoms with Crippen molar-refractivity contribution in [3.63, 3.8) is 0 Å². The summed E-state index contributed by atoms with van der Waals surface area (Å²) in [4.78, 5) is 31.1. The van der Waals surface area contributed by atoms with Crippen LogP contribution < -0.4 is 10.6 Å². The third-order valence-corrected chi connectivity index (χ3v) is 5.45. The van der Waals surface area contributed by atoms with E-state index >= 15 is 0 Å². The predicted molar refractivity (Wildman–Crippen MR) is 116 cm³/mol. The van der Waals surface area contributed by atoms with Gasteiger partial charge < -0.3 is 10.6 Å². The quantitative estimate of drug-likeness (QED) is 0.625. The van der Waals surface area contributed by atoms with Gasteiger partial charge in [-0.3, -0.25) is 19.5 Å². The van der Waals surface area contributed by atoms with Gasteiger partial charge in [-0.05, 0) is 41.3 Å². The molecule has 0 saturated heterocycles. The number of carbonyl (C=O) groups is 2. The first-order chi connectivity index (χ1) is 15.1. The van der Waals surface area contributed by atoms with Gasteiger partial charge in [0.25, 0.3) is 0 Å². The first-order valence-electron chi connectivity index (χ1n) is 10.2. The summed E-state index contributed by atoms with van der Waals surface area (Å²) in [6.45, 7) is 1.80. The zero-order chi connectivity index (χ0) is 21.6. The minimum Gasteiger partial charge on any atom is -0.346 e. The van der Waals surface area contributed by atoms with Gasteiger partial charge in [0.15, 0.2) is 0 Å². The Kier molecular flexibility index (Phi) is 6.33. The van der Waals surface area contributed by atoms with E-state index < -0.39 is 17.6 Å². The maximum atomic E-state index is 13.8. The van der Waals surface area contributed by atoms with E-state index in [0.29, 0.717) is 0 Å². The molecule has 2 aromatic carbocycles. The van der Waals surface area contributed by atoms with Crippen molar-refractivity contribution < 1.29 is 14.0 Å². The second kappa shape index (κ2) is 9.49. The van der Waals surface area contributed by atoms with Crippen molar-refractivity contribution in [3.8, 4) is 0 Å². The first kappa shape index (κ1) is 20.7. The summed E-state index contributed by atoms with van der Waals surface area (Å²) in [6.07, 6.45) is 4.39. The molecule has 0 radical (unpaired) electrons. The fourth-order valence-electron chi connectivity index (χ4n) is 3.83. The van der Waals surface area contributed by atoms with Crippen LogP contribution in [-0.2, 0) is 22.6 Å². The molecule has 158 valence electrons. The summed E-state index contributed by atoms with van der Waals surface area (Å²) in [5.41, 5.74) is 3.51. The first-order valence-corrected chi connectivity index (χ1v) is 10.2. The number of fused-ring (bicyclic) bond motifs is 1. The number of aromatic nitrogens is 1. The molecule has 31 heavy (non-hydrogen) atoms. The monoisotopic (exact) mass is 418 g/mol. The molecule has 1 aromatic heterocycles. The largest absolute Gasteiger partial charge is 0.346 e. The second-order valence-electron chi connectivity index (χ2n) is 7.44. The van der Waals surface area contributed by atoms with Crippen molar-refractivity contribution in [3.05, 3.63) is 95.6 Å². The van der Waals surface area contributed by atoms with Crippen molar-refractivity contribution in [2.45, 2.75) is 19.0 Å². The number of amides is 2. The van der Waals surface area contributed by atoms with E-state index in [2.05, 4.69) is 32.7 Å². The van der Waals surface area contributed by atoms with Crippen molar-refractivity contribution >= 4 is 17.5 Å². The Morgan fingerprint density at radius 1 is 1.00 bits per heavy atom. The minimum atomic E-state index is -0.904. The number of nitrogens with zero attached hydrogens (tertiary/aromatic N) is 2. The van der Waals surface area contributed by atoms with E-state index in [1.54, 1.807) is 18.5 Å². The van der Waals surface area contributed by atoms with Gasteiger partial charge >= 0.3 is 11.8 Å². The Morgan fingerprint density at radius 2 is 1.77 bits per heavy atom. The Balaban J connectivity index is 1.45. The maximum Gasteiger partial charge on any atom is 0.313 e. The van der Waals surface area contributed by atoms with E-state index in [4.69, 9.17) is 0 Å². The van der Waals surface area contributed by atoms with Crippen LogP contribution in [-0.4, -0.2) is 34.8 Å². The van der Waals surface area contributed by atoms with Gasteiger partial charge in [0.1, 0.15) is 5.82 Å². The fourth-order valence-corrected chi connectivity index (χ4v) is 3.83. The number of para-hydroxylation sites is 1. The van der Waals surface area contributed by atoms with Crippen LogP contribution in [0.1, 0.15) is 22.7 Å². The van der Waals surface area contributed by atoms with E-state index in [1.165, 1.54) is 29.3 Å². The number of hydrogen-bond donors (Lipinski definition) is 2. The third kappa shape index (κ3) is 4.95. The summed E-state index contributed by atoms with van der Waals surface area (Å²) in [6, 6.07) is 17.7. The molecule has 2 N–H and O–H groups in total. The molecule has 0 spiro atoms. The molecular weight excluding hydrogens is 395 g/mol. The molecule has 2 amide bonds. The summed E-state index contributed by atoms with van der Waals surface area (Å²) in [7, 11) is 0. The van der Waals surface area contributed by atoms with Gasteiger partial charge in [0.2, 0.25) is 0 Å². The zero-order valence-electron chi connectivity index (χ0n) is 16.9. The summed E-state index contributed by atoms with van der Waals surface area (Å²) in [5.74, 6) is -2.31. The predicted octanol–water partition coefficient (Wildman–Crippen LogP) is 3.08. The second-order valence-corrected chi connectivity index (χ2v) is 7.44. The van der Waals surface area contributed by atoms with Crippen LogP contribution in [0.25, 0.3) is 0 Å². The van der Waals surface area contributed by atoms with Crippen LogP contribution in [0, 0.1) is 5.82 Å². The Hall–Kier alpha value is -3.58. The molecule has 7 heteroatoms. The Labute approximate surface area is 180 Å². The molecule has 0 unspecified atom stereocenters. The molecule has 0 saturated carbocycles. The molecule has 1 atom stereocenters. The molecule has 0 aliphatic carbocycles. The molecule has 2 heterocycles. The van der Waals surface area contributed by atoms with Crippen molar-refractivity contribution in [2.24, 2.45) is 0 Å². The number of carbonyl (C=O) groups excluding carboxylic acids is 2. The summed E-state index contributed by atoms with van der Waals surface area (Å²) in [5, 5.41) is 5.01. The van der Waals surface area contributed by atoms with Crippen molar-refractivity contribution in [1.82, 2.24) is 15.2 Å². The lowest BCUT2D eigenvalue weighted by Gasteiger charge is -2.35. The van der Waals surface area contributed by atoms with Crippen LogP contribution in [0.5, 0.6) is 0 Å². The SMILES string of the molecule is O=C(NC[C@H](c1cccnc1)N1CCc2ccccc2C1)C(=O)Nc1ccccc1F. The lowest BCUT2D eigenvalue weighted by atomic mass is 9.97. The fraction of sp³-hybridized carbons (Fsp3) is 0.208. The minimum absolute atomic E-state index is 0.0286. The number of anilines is 1. The van der Waals surface area contributed by atoms with Crippen LogP contribution in [0.2, 0.25) is 0 Å². The standard InChI is InChI=1S/C24H23FN4O2/c25-20-9-3-4-10-21(20)28-24(31)23(30)27-15-22(18-8-5-12-26-14-18)29-13-11-17-6-1-2-7-19(17)16-29/h1-10,12,14,22H,11,13,15-16H2,(H,27,30)(H,28,31)/t22-/m1/s1. The molecular formula is C24H23FN4O2. The number of benzene rings is 2. The number of rotatable bonds is 5. The van der Waals surface area contributed by atoms with Gasteiger partial charge in [-0.2, -0.15) is 0 Å². The van der Waals surface area contributed by atoms with E-state index in [0.717, 1.165) is 25.1 Å². The van der Waals surface area contributed by atoms with Crippen LogP contribution in [0.4, 0.5) is 10.1 Å². The van der Waals surface area contributed by atoms with Crippen LogP contribution in [0.15, 0.2) is 73.1 Å². The summed E-state index contributed by atoms with van der Waals surface area (Å²) < 4.78 is 13.8. The van der Waals surface area contributed by atoms with Gasteiger partial charge in [-0.25, -0.2) is 4.39 Å². The van der Waals surface area contributed by atoms with Crippen LogP contribution >= 0.6 is 0 Å². The molecule has 3 aromatic rings. The van der Waals surface area contributed by atoms with Gasteiger partial charge in [-0.15, -0.1) is 0 Å². The van der Waals surface area contributed by atoms with E-state index in [1.807, 2.05) is 24.3 Å². The number of nitrogens with one attached hydrogen (secondary N) is 2. The molecule has 0 fully saturated rings. The highest BCUT2D eigenvalue weighted by Crippen LogP contribution is 2.27. The average Bonchev–Trinajstić information content (AvgIpc) is 2.81. The van der Waals surface area contributed by atoms with Crippen molar-refractivity contribution in [1.29, 1.82) is 0 Å². The smallest absolute Gasteiger partial charge is 0.313 e. The number of hydrogen-bond acceptors (Lipinski definition) is 4. The molecule has 1 aliphatic rings. The lowest BCUT2D eigenvalue weighted by molar-refractivity contribution is -0.136. The molecule has 1 aliphatic heterocycles. The topological polar surface area (TPSA) is 74.3 Å². The zero-order valence-corrected chi connectivity index (χ0v) is 16.9. The van der Waals surface area contributed by atoms with E-state index in [9.17, 15) is 14.0 Å². The summed E-state index contributed by atoms with van der Waals surface area (Å²) >= 11 is 0. The highest BCUT2D eigenvalue weighted by Gasteiger charge is 2.26. The van der Waals surface area contributed by atoms with Crippen LogP contribution in [0.3, 0.4) is 0 Å². The molecule has 0 bridgehead atoms. The molecule has 6 nitrogen and oxygen atoms in total. The van der Waals surface area contributed by atoms with Crippen molar-refractivity contribution in [2.75, 3.05) is 18.4 Å². The maximum absolute atomic E-state index is 13.8. The van der Waals surface area contributed by atoms with Gasteiger partial charge in [0, 0.05) is 32.0 Å². The Bertz CT molecular complexity index is 1070.